The maximum Gasteiger partial charge on any atom is 0.305 e. The summed E-state index contributed by atoms with van der Waals surface area (Å²) in [5.41, 5.74) is 0.0614. The standard InChI is InChI=1S/C16H20BrNO5/c1-22-12-2-3-13(17)11(8-12)9-14(19)18-16(10-15(20)21)4-6-23-7-5-16/h2-3,8H,4-7,9-10H2,1H3,(H,18,19)(H,20,21). The number of carboxylic acids is 1. The van der Waals surface area contributed by atoms with Crippen molar-refractivity contribution in [2.45, 2.75) is 31.2 Å². The van der Waals surface area contributed by atoms with E-state index in [9.17, 15) is 9.59 Å². The molecule has 0 atom stereocenters. The van der Waals surface area contributed by atoms with E-state index in [1.165, 1.54) is 0 Å². The molecule has 0 spiro atoms. The molecule has 6 nitrogen and oxygen atoms in total. The van der Waals surface area contributed by atoms with Crippen LogP contribution < -0.4 is 10.1 Å². The highest BCUT2D eigenvalue weighted by Gasteiger charge is 2.36. The maximum absolute atomic E-state index is 12.4. The number of carbonyl (C=O) groups excluding carboxylic acids is 1. The van der Waals surface area contributed by atoms with Crippen molar-refractivity contribution in [1.29, 1.82) is 0 Å². The summed E-state index contributed by atoms with van der Waals surface area (Å²) in [5, 5.41) is 12.0. The number of hydrogen-bond acceptors (Lipinski definition) is 4. The molecule has 1 aromatic rings. The fourth-order valence-corrected chi connectivity index (χ4v) is 3.11. The molecule has 1 aromatic carbocycles. The first-order chi connectivity index (χ1) is 10.9. The van der Waals surface area contributed by atoms with E-state index in [1.807, 2.05) is 6.07 Å². The number of carbonyl (C=O) groups is 2. The molecule has 0 saturated carbocycles. The van der Waals surface area contributed by atoms with Gasteiger partial charge in [-0.1, -0.05) is 15.9 Å². The van der Waals surface area contributed by atoms with Crippen molar-refractivity contribution in [3.63, 3.8) is 0 Å². The third-order valence-electron chi connectivity index (χ3n) is 3.95. The molecule has 0 radical (unpaired) electrons. The molecule has 2 rings (SSSR count). The summed E-state index contributed by atoms with van der Waals surface area (Å²) >= 11 is 3.42. The van der Waals surface area contributed by atoms with Crippen LogP contribution in [0.15, 0.2) is 22.7 Å². The molecule has 7 heteroatoms. The Morgan fingerprint density at radius 1 is 1.39 bits per heavy atom. The predicted molar refractivity (Wildman–Crippen MR) is 87.6 cm³/mol. The molecule has 0 aromatic heterocycles. The van der Waals surface area contributed by atoms with Crippen molar-refractivity contribution in [2.24, 2.45) is 0 Å². The second-order valence-corrected chi connectivity index (χ2v) is 6.50. The summed E-state index contributed by atoms with van der Waals surface area (Å²) in [6.45, 7) is 0.910. The Labute approximate surface area is 143 Å². The van der Waals surface area contributed by atoms with Crippen molar-refractivity contribution in [2.75, 3.05) is 20.3 Å². The number of rotatable bonds is 6. The summed E-state index contributed by atoms with van der Waals surface area (Å²) in [6, 6.07) is 5.41. The van der Waals surface area contributed by atoms with Crippen LogP contribution in [0.5, 0.6) is 5.75 Å². The first-order valence-corrected chi connectivity index (χ1v) is 8.16. The molecule has 1 fully saturated rings. The van der Waals surface area contributed by atoms with Gasteiger partial charge in [0.2, 0.25) is 5.91 Å². The van der Waals surface area contributed by atoms with Crippen LogP contribution in [0.2, 0.25) is 0 Å². The number of aliphatic carboxylic acids is 1. The maximum atomic E-state index is 12.4. The number of hydrogen-bond donors (Lipinski definition) is 2. The van der Waals surface area contributed by atoms with Crippen molar-refractivity contribution in [1.82, 2.24) is 5.32 Å². The van der Waals surface area contributed by atoms with Crippen molar-refractivity contribution < 1.29 is 24.2 Å². The van der Waals surface area contributed by atoms with Gasteiger partial charge in [-0.05, 0) is 36.6 Å². The molecule has 23 heavy (non-hydrogen) atoms. The van der Waals surface area contributed by atoms with Gasteiger partial charge in [-0.2, -0.15) is 0 Å². The predicted octanol–water partition coefficient (Wildman–Crippen LogP) is 2.14. The summed E-state index contributed by atoms with van der Waals surface area (Å²) < 4.78 is 11.3. The van der Waals surface area contributed by atoms with Crippen molar-refractivity contribution in [3.8, 4) is 5.75 Å². The fraction of sp³-hybridized carbons (Fsp3) is 0.500. The highest BCUT2D eigenvalue weighted by atomic mass is 79.9. The summed E-state index contributed by atoms with van der Waals surface area (Å²) in [6.07, 6.45) is 1.07. The molecule has 1 heterocycles. The van der Waals surface area contributed by atoms with E-state index in [1.54, 1.807) is 19.2 Å². The Hall–Kier alpha value is -1.60. The highest BCUT2D eigenvalue weighted by molar-refractivity contribution is 9.10. The third-order valence-corrected chi connectivity index (χ3v) is 4.72. The molecule has 0 bridgehead atoms. The molecule has 1 aliphatic rings. The molecule has 1 amide bonds. The largest absolute Gasteiger partial charge is 0.497 e. The Balaban J connectivity index is 2.08. The van der Waals surface area contributed by atoms with Gasteiger partial charge < -0.3 is 19.9 Å². The third kappa shape index (κ3) is 4.94. The van der Waals surface area contributed by atoms with Crippen molar-refractivity contribution >= 4 is 27.8 Å². The molecule has 1 saturated heterocycles. The van der Waals surface area contributed by atoms with E-state index >= 15 is 0 Å². The van der Waals surface area contributed by atoms with Gasteiger partial charge in [0.05, 0.1) is 25.5 Å². The number of ether oxygens (including phenoxy) is 2. The Kier molecular flexibility index (Phi) is 6.01. The minimum absolute atomic E-state index is 0.0959. The lowest BCUT2D eigenvalue weighted by molar-refractivity contribution is -0.140. The van der Waals surface area contributed by atoms with E-state index in [0.717, 1.165) is 10.0 Å². The smallest absolute Gasteiger partial charge is 0.305 e. The fourth-order valence-electron chi connectivity index (χ4n) is 2.72. The molecular formula is C16H20BrNO5. The highest BCUT2D eigenvalue weighted by Crippen LogP contribution is 2.26. The molecular weight excluding hydrogens is 366 g/mol. The minimum atomic E-state index is -0.922. The summed E-state index contributed by atoms with van der Waals surface area (Å²) in [7, 11) is 1.57. The van der Waals surface area contributed by atoms with Gasteiger partial charge in [-0.15, -0.1) is 0 Å². The van der Waals surface area contributed by atoms with Crippen molar-refractivity contribution in [3.05, 3.63) is 28.2 Å². The van der Waals surface area contributed by atoms with Gasteiger partial charge >= 0.3 is 5.97 Å². The first kappa shape index (κ1) is 17.7. The zero-order valence-corrected chi connectivity index (χ0v) is 14.5. The number of nitrogens with one attached hydrogen (secondary N) is 1. The molecule has 0 aliphatic carbocycles. The van der Waals surface area contributed by atoms with Crippen LogP contribution in [0.1, 0.15) is 24.8 Å². The van der Waals surface area contributed by atoms with E-state index in [0.29, 0.717) is 31.8 Å². The second-order valence-electron chi connectivity index (χ2n) is 5.65. The van der Waals surface area contributed by atoms with Crippen LogP contribution in [-0.4, -0.2) is 42.8 Å². The minimum Gasteiger partial charge on any atom is -0.497 e. The lowest BCUT2D eigenvalue weighted by Crippen LogP contribution is -2.53. The average Bonchev–Trinajstić information content (AvgIpc) is 2.49. The quantitative estimate of drug-likeness (QED) is 0.783. The Morgan fingerprint density at radius 3 is 2.70 bits per heavy atom. The lowest BCUT2D eigenvalue weighted by atomic mass is 9.86. The number of amides is 1. The van der Waals surface area contributed by atoms with E-state index in [4.69, 9.17) is 14.6 Å². The number of carboxylic acid groups (broad SMARTS) is 1. The van der Waals surface area contributed by atoms with Gasteiger partial charge in [0, 0.05) is 17.7 Å². The van der Waals surface area contributed by atoms with E-state index < -0.39 is 11.5 Å². The zero-order valence-electron chi connectivity index (χ0n) is 12.9. The molecule has 1 aliphatic heterocycles. The van der Waals surface area contributed by atoms with Gasteiger partial charge in [0.25, 0.3) is 0 Å². The SMILES string of the molecule is COc1ccc(Br)c(CC(=O)NC2(CC(=O)O)CCOCC2)c1. The first-order valence-electron chi connectivity index (χ1n) is 7.37. The Bertz CT molecular complexity index is 584. The zero-order chi connectivity index (χ0) is 16.9. The van der Waals surface area contributed by atoms with Gasteiger partial charge in [-0.3, -0.25) is 9.59 Å². The second kappa shape index (κ2) is 7.79. The molecule has 2 N–H and O–H groups in total. The number of benzene rings is 1. The normalized spacial score (nSPS) is 16.6. The van der Waals surface area contributed by atoms with Crippen LogP contribution in [0.25, 0.3) is 0 Å². The molecule has 126 valence electrons. The monoisotopic (exact) mass is 385 g/mol. The van der Waals surface area contributed by atoms with E-state index in [2.05, 4.69) is 21.2 Å². The van der Waals surface area contributed by atoms with Crippen LogP contribution in [0.4, 0.5) is 0 Å². The summed E-state index contributed by atoms with van der Waals surface area (Å²) in [4.78, 5) is 23.5. The average molecular weight is 386 g/mol. The van der Waals surface area contributed by atoms with E-state index in [-0.39, 0.29) is 18.7 Å². The van der Waals surface area contributed by atoms with Gasteiger partial charge in [-0.25, -0.2) is 0 Å². The van der Waals surface area contributed by atoms with Gasteiger partial charge in [0.1, 0.15) is 5.75 Å². The Morgan fingerprint density at radius 2 is 2.09 bits per heavy atom. The topological polar surface area (TPSA) is 84.9 Å². The lowest BCUT2D eigenvalue weighted by Gasteiger charge is -2.36. The number of methoxy groups -OCH3 is 1. The van der Waals surface area contributed by atoms with Crippen LogP contribution >= 0.6 is 15.9 Å². The summed E-state index contributed by atoms with van der Waals surface area (Å²) in [5.74, 6) is -0.459. The van der Waals surface area contributed by atoms with Gasteiger partial charge in [0.15, 0.2) is 0 Å². The van der Waals surface area contributed by atoms with Crippen LogP contribution in [0, 0.1) is 0 Å². The molecule has 0 unspecified atom stereocenters. The number of halogens is 1. The van der Waals surface area contributed by atoms with Crippen LogP contribution in [0.3, 0.4) is 0 Å². The van der Waals surface area contributed by atoms with Crippen LogP contribution in [-0.2, 0) is 20.7 Å².